The molecule has 4 aliphatic rings. The monoisotopic (exact) mass is 293 g/mol. The molecular weight excluding hydrogens is 262 g/mol. The molecule has 8 atom stereocenters. The van der Waals surface area contributed by atoms with Crippen LogP contribution in [0.5, 0.6) is 0 Å². The first-order valence-corrected chi connectivity index (χ1v) is 9.11. The third kappa shape index (κ3) is 2.19. The fourth-order valence-corrected chi connectivity index (χ4v) is 6.59. The number of nitrogens with zero attached hydrogens (tertiary/aromatic N) is 1. The van der Waals surface area contributed by atoms with Crippen molar-refractivity contribution in [3.05, 3.63) is 0 Å². The summed E-state index contributed by atoms with van der Waals surface area (Å²) in [6.07, 6.45) is 9.47. The number of aliphatic hydroxyl groups excluding tert-OH is 1. The molecule has 120 valence electrons. The summed E-state index contributed by atoms with van der Waals surface area (Å²) in [5, 5.41) is 11.1. The average molecular weight is 293 g/mol. The number of ether oxygens (including phenoxy) is 1. The van der Waals surface area contributed by atoms with Gasteiger partial charge < -0.3 is 14.7 Å². The number of likely N-dealkylation sites (N-methyl/N-ethyl adjacent to an activating group) is 1. The molecule has 1 N–H and O–H groups in total. The van der Waals surface area contributed by atoms with Crippen molar-refractivity contribution in [2.45, 2.75) is 63.2 Å². The van der Waals surface area contributed by atoms with Crippen molar-refractivity contribution in [1.82, 2.24) is 4.90 Å². The Morgan fingerprint density at radius 2 is 1.76 bits per heavy atom. The van der Waals surface area contributed by atoms with Crippen LogP contribution in [0.25, 0.3) is 0 Å². The molecule has 0 aromatic carbocycles. The van der Waals surface area contributed by atoms with Crippen molar-refractivity contribution < 1.29 is 9.84 Å². The molecule has 3 nitrogen and oxygen atoms in total. The number of fused-ring (bicyclic) bond motifs is 2. The van der Waals surface area contributed by atoms with Crippen LogP contribution in [0, 0.1) is 29.6 Å². The Bertz CT molecular complexity index is 387. The molecule has 1 saturated heterocycles. The van der Waals surface area contributed by atoms with Crippen LogP contribution in [0.1, 0.15) is 44.9 Å². The fourth-order valence-electron chi connectivity index (χ4n) is 6.59. The molecule has 0 aromatic heterocycles. The van der Waals surface area contributed by atoms with Gasteiger partial charge in [-0.1, -0.05) is 12.8 Å². The summed E-state index contributed by atoms with van der Waals surface area (Å²) in [6, 6.07) is 0.422. The summed E-state index contributed by atoms with van der Waals surface area (Å²) < 4.78 is 5.79. The standard InChI is InChI=1S/C18H31NO2/c1-19-8-7-11-9-12(21-2)10-15-13-5-3-4-6-14(13)18(20)17(19)16(11)15/h11-18,20H,3-10H2,1-2H3/t11?,12?,13?,14?,15?,16?,17?,18-/m1/s1. The summed E-state index contributed by atoms with van der Waals surface area (Å²) >= 11 is 0. The van der Waals surface area contributed by atoms with Gasteiger partial charge >= 0.3 is 0 Å². The Hall–Kier alpha value is -0.120. The Balaban J connectivity index is 1.68. The van der Waals surface area contributed by atoms with E-state index in [0.717, 1.165) is 30.2 Å². The molecule has 4 rings (SSSR count). The molecule has 3 saturated carbocycles. The van der Waals surface area contributed by atoms with Gasteiger partial charge in [0.25, 0.3) is 0 Å². The maximum atomic E-state index is 11.1. The number of piperidine rings is 1. The van der Waals surface area contributed by atoms with Crippen LogP contribution in [0.2, 0.25) is 0 Å². The molecule has 21 heavy (non-hydrogen) atoms. The smallest absolute Gasteiger partial charge is 0.0729 e. The molecule has 3 aliphatic carbocycles. The van der Waals surface area contributed by atoms with Crippen molar-refractivity contribution in [3.63, 3.8) is 0 Å². The van der Waals surface area contributed by atoms with E-state index in [1.807, 2.05) is 7.11 Å². The second-order valence-electron chi connectivity index (χ2n) is 8.19. The Labute approximate surface area is 129 Å². The van der Waals surface area contributed by atoms with E-state index >= 15 is 0 Å². The van der Waals surface area contributed by atoms with Crippen LogP contribution in [0.15, 0.2) is 0 Å². The summed E-state index contributed by atoms with van der Waals surface area (Å²) in [4.78, 5) is 2.48. The molecule has 0 aromatic rings. The molecule has 4 fully saturated rings. The van der Waals surface area contributed by atoms with Gasteiger partial charge in [0.2, 0.25) is 0 Å². The Morgan fingerprint density at radius 3 is 2.52 bits per heavy atom. The molecule has 0 radical (unpaired) electrons. The topological polar surface area (TPSA) is 32.7 Å². The van der Waals surface area contributed by atoms with Crippen molar-refractivity contribution in [3.8, 4) is 0 Å². The molecule has 0 amide bonds. The fraction of sp³-hybridized carbons (Fsp3) is 1.00. The highest BCUT2D eigenvalue weighted by atomic mass is 16.5. The van der Waals surface area contributed by atoms with Gasteiger partial charge in [-0.2, -0.15) is 0 Å². The summed E-state index contributed by atoms with van der Waals surface area (Å²) in [5.74, 6) is 3.64. The van der Waals surface area contributed by atoms with E-state index in [1.54, 1.807) is 0 Å². The normalized spacial score (nSPS) is 53.9. The molecule has 1 heterocycles. The van der Waals surface area contributed by atoms with Gasteiger partial charge in [-0.3, -0.25) is 0 Å². The van der Waals surface area contributed by atoms with Gasteiger partial charge in [0, 0.05) is 13.2 Å². The zero-order valence-electron chi connectivity index (χ0n) is 13.6. The summed E-state index contributed by atoms with van der Waals surface area (Å²) in [6.45, 7) is 1.16. The van der Waals surface area contributed by atoms with E-state index in [0.29, 0.717) is 18.1 Å². The zero-order chi connectivity index (χ0) is 14.6. The summed E-state index contributed by atoms with van der Waals surface area (Å²) in [7, 11) is 4.14. The lowest BCUT2D eigenvalue weighted by Crippen LogP contribution is -2.65. The predicted molar refractivity (Wildman–Crippen MR) is 83.0 cm³/mol. The minimum atomic E-state index is -0.0801. The Kier molecular flexibility index (Phi) is 3.79. The average Bonchev–Trinajstić information content (AvgIpc) is 2.53. The van der Waals surface area contributed by atoms with Crippen molar-refractivity contribution >= 4 is 0 Å². The quantitative estimate of drug-likeness (QED) is 0.806. The number of hydrogen-bond donors (Lipinski definition) is 1. The van der Waals surface area contributed by atoms with E-state index in [2.05, 4.69) is 11.9 Å². The molecule has 7 unspecified atom stereocenters. The van der Waals surface area contributed by atoms with Crippen molar-refractivity contribution in [2.24, 2.45) is 29.6 Å². The number of aliphatic hydroxyl groups is 1. The third-order valence-corrected chi connectivity index (χ3v) is 7.44. The van der Waals surface area contributed by atoms with Gasteiger partial charge in [0.15, 0.2) is 0 Å². The van der Waals surface area contributed by atoms with E-state index < -0.39 is 0 Å². The predicted octanol–water partition coefficient (Wildman–Crippen LogP) is 2.53. The van der Waals surface area contributed by atoms with Gasteiger partial charge in [0.1, 0.15) is 0 Å². The van der Waals surface area contributed by atoms with Crippen LogP contribution in [-0.4, -0.2) is 49.0 Å². The lowest BCUT2D eigenvalue weighted by molar-refractivity contribution is -0.171. The van der Waals surface area contributed by atoms with Crippen LogP contribution < -0.4 is 0 Å². The van der Waals surface area contributed by atoms with Crippen molar-refractivity contribution in [2.75, 3.05) is 20.7 Å². The first-order chi connectivity index (χ1) is 10.2. The highest BCUT2D eigenvalue weighted by Gasteiger charge is 2.57. The van der Waals surface area contributed by atoms with Crippen molar-refractivity contribution in [1.29, 1.82) is 0 Å². The Morgan fingerprint density at radius 1 is 1.00 bits per heavy atom. The van der Waals surface area contributed by atoms with Crippen LogP contribution in [0.4, 0.5) is 0 Å². The number of hydrogen-bond acceptors (Lipinski definition) is 3. The number of methoxy groups -OCH3 is 1. The third-order valence-electron chi connectivity index (χ3n) is 7.44. The largest absolute Gasteiger partial charge is 0.391 e. The van der Waals surface area contributed by atoms with Gasteiger partial charge in [-0.15, -0.1) is 0 Å². The van der Waals surface area contributed by atoms with Gasteiger partial charge in [-0.05, 0) is 75.3 Å². The minimum absolute atomic E-state index is 0.0801. The molecular formula is C18H31NO2. The molecule has 3 heteroatoms. The molecule has 0 bridgehead atoms. The van der Waals surface area contributed by atoms with E-state index in [-0.39, 0.29) is 6.10 Å². The molecule has 1 aliphatic heterocycles. The maximum Gasteiger partial charge on any atom is 0.0729 e. The van der Waals surface area contributed by atoms with Gasteiger partial charge in [-0.25, -0.2) is 0 Å². The highest BCUT2D eigenvalue weighted by Crippen LogP contribution is 2.56. The van der Waals surface area contributed by atoms with Gasteiger partial charge in [0.05, 0.1) is 12.2 Å². The van der Waals surface area contributed by atoms with E-state index in [1.165, 1.54) is 44.9 Å². The maximum absolute atomic E-state index is 11.1. The number of likely N-dealkylation sites (tertiary alicyclic amines) is 1. The lowest BCUT2D eigenvalue weighted by atomic mass is 9.51. The first kappa shape index (κ1) is 14.5. The van der Waals surface area contributed by atoms with Crippen LogP contribution in [0.3, 0.4) is 0 Å². The second-order valence-corrected chi connectivity index (χ2v) is 8.19. The van der Waals surface area contributed by atoms with Crippen LogP contribution in [-0.2, 0) is 4.74 Å². The second kappa shape index (κ2) is 5.50. The van der Waals surface area contributed by atoms with E-state index in [4.69, 9.17) is 4.74 Å². The SMILES string of the molecule is COC1CC2CCN(C)C3C2C(C1)C1CCCCC1[C@H]3O. The highest BCUT2D eigenvalue weighted by molar-refractivity contribution is 5.08. The summed E-state index contributed by atoms with van der Waals surface area (Å²) in [5.41, 5.74) is 0. The first-order valence-electron chi connectivity index (χ1n) is 9.11. The van der Waals surface area contributed by atoms with Crippen LogP contribution >= 0.6 is 0 Å². The lowest BCUT2D eigenvalue weighted by Gasteiger charge is -2.61. The van der Waals surface area contributed by atoms with E-state index in [9.17, 15) is 5.11 Å². The molecule has 0 spiro atoms. The minimum Gasteiger partial charge on any atom is -0.391 e. The number of rotatable bonds is 1. The zero-order valence-corrected chi connectivity index (χ0v) is 13.6.